The lowest BCUT2D eigenvalue weighted by molar-refractivity contribution is -0.118. The number of hydroxylamine groups is 1. The minimum atomic E-state index is -0.0828. The fourth-order valence-electron chi connectivity index (χ4n) is 1.80. The Morgan fingerprint density at radius 2 is 2.13 bits per heavy atom. The van der Waals surface area contributed by atoms with E-state index in [1.54, 1.807) is 0 Å². The van der Waals surface area contributed by atoms with Crippen molar-refractivity contribution in [2.45, 2.75) is 13.3 Å². The maximum absolute atomic E-state index is 11.9. The van der Waals surface area contributed by atoms with Crippen LogP contribution in [-0.2, 0) is 9.63 Å². The zero-order valence-corrected chi connectivity index (χ0v) is 8.86. The smallest absolute Gasteiger partial charge is 0.269 e. The third-order valence-corrected chi connectivity index (χ3v) is 2.42. The van der Waals surface area contributed by atoms with Crippen LogP contribution in [0.2, 0.25) is 0 Å². The number of rotatable bonds is 2. The second-order valence-electron chi connectivity index (χ2n) is 3.33. The second kappa shape index (κ2) is 3.87. The van der Waals surface area contributed by atoms with Gasteiger partial charge < -0.3 is 0 Å². The molecule has 1 amide bonds. The summed E-state index contributed by atoms with van der Waals surface area (Å²) in [5.41, 5.74) is 2.51. The number of amides is 1. The summed E-state index contributed by atoms with van der Waals surface area (Å²) in [5.74, 6) is -0.0828. The van der Waals surface area contributed by atoms with E-state index in [2.05, 4.69) is 0 Å². The molecule has 1 aromatic rings. The van der Waals surface area contributed by atoms with Crippen LogP contribution in [0.1, 0.15) is 18.9 Å². The molecule has 3 heteroatoms. The van der Waals surface area contributed by atoms with Gasteiger partial charge in [-0.25, -0.2) is 0 Å². The molecule has 1 heterocycles. The first-order valence-corrected chi connectivity index (χ1v) is 4.97. The molecule has 78 valence electrons. The van der Waals surface area contributed by atoms with Crippen molar-refractivity contribution in [2.24, 2.45) is 0 Å². The monoisotopic (exact) mass is 203 g/mol. The summed E-state index contributed by atoms with van der Waals surface area (Å²) in [6.45, 7) is 2.01. The van der Waals surface area contributed by atoms with Gasteiger partial charge in [-0.05, 0) is 12.5 Å². The summed E-state index contributed by atoms with van der Waals surface area (Å²) in [6.07, 6.45) is 2.77. The Kier molecular flexibility index (Phi) is 2.56. The second-order valence-corrected chi connectivity index (χ2v) is 3.33. The summed E-state index contributed by atoms with van der Waals surface area (Å²) < 4.78 is 0. The zero-order valence-electron chi connectivity index (χ0n) is 8.86. The molecule has 1 aliphatic heterocycles. The predicted molar refractivity (Wildman–Crippen MR) is 59.2 cm³/mol. The highest BCUT2D eigenvalue weighted by Gasteiger charge is 2.31. The van der Waals surface area contributed by atoms with E-state index >= 15 is 0 Å². The number of allylic oxidation sites excluding steroid dienone is 1. The van der Waals surface area contributed by atoms with Crippen molar-refractivity contribution in [3.05, 3.63) is 35.9 Å². The van der Waals surface area contributed by atoms with Crippen LogP contribution in [0.3, 0.4) is 0 Å². The summed E-state index contributed by atoms with van der Waals surface area (Å²) in [4.78, 5) is 17.0. The average molecular weight is 203 g/mol. The van der Waals surface area contributed by atoms with E-state index in [1.807, 2.05) is 37.3 Å². The summed E-state index contributed by atoms with van der Waals surface area (Å²) in [5, 5.41) is 1.33. The number of anilines is 1. The van der Waals surface area contributed by atoms with E-state index in [4.69, 9.17) is 4.84 Å². The maximum Gasteiger partial charge on any atom is 0.282 e. The molecule has 2 rings (SSSR count). The van der Waals surface area contributed by atoms with Crippen molar-refractivity contribution in [3.8, 4) is 0 Å². The molecule has 0 N–H and O–H groups in total. The average Bonchev–Trinajstić information content (AvgIpc) is 2.53. The quantitative estimate of drug-likeness (QED) is 0.691. The molecule has 3 nitrogen and oxygen atoms in total. The van der Waals surface area contributed by atoms with E-state index < -0.39 is 0 Å². The van der Waals surface area contributed by atoms with E-state index in [-0.39, 0.29) is 5.91 Å². The normalized spacial score (nSPS) is 17.3. The molecular formula is C12H13NO2. The molecule has 0 fully saturated rings. The number of hydrogen-bond acceptors (Lipinski definition) is 2. The summed E-state index contributed by atoms with van der Waals surface area (Å²) in [7, 11) is 1.50. The van der Waals surface area contributed by atoms with Gasteiger partial charge in [0.25, 0.3) is 5.91 Å². The van der Waals surface area contributed by atoms with Crippen molar-refractivity contribution in [1.29, 1.82) is 0 Å². The largest absolute Gasteiger partial charge is 0.282 e. The van der Waals surface area contributed by atoms with Gasteiger partial charge >= 0.3 is 0 Å². The van der Waals surface area contributed by atoms with Crippen molar-refractivity contribution >= 4 is 17.2 Å². The van der Waals surface area contributed by atoms with E-state index in [0.717, 1.165) is 23.2 Å². The number of nitrogens with zero attached hydrogens (tertiary/aromatic N) is 1. The lowest BCUT2D eigenvalue weighted by Crippen LogP contribution is -2.24. The molecule has 1 aromatic carbocycles. The van der Waals surface area contributed by atoms with Crippen LogP contribution in [0, 0.1) is 0 Å². The zero-order chi connectivity index (χ0) is 10.8. The first-order valence-electron chi connectivity index (χ1n) is 4.97. The van der Waals surface area contributed by atoms with Crippen LogP contribution in [0.25, 0.3) is 5.57 Å². The molecule has 0 radical (unpaired) electrons. The van der Waals surface area contributed by atoms with Gasteiger partial charge in [-0.2, -0.15) is 5.06 Å². The molecule has 0 unspecified atom stereocenters. The van der Waals surface area contributed by atoms with Crippen LogP contribution >= 0.6 is 0 Å². The summed E-state index contributed by atoms with van der Waals surface area (Å²) >= 11 is 0. The highest BCUT2D eigenvalue weighted by molar-refractivity contribution is 6.31. The number of hydrogen-bond donors (Lipinski definition) is 0. The first kappa shape index (κ1) is 9.93. The summed E-state index contributed by atoms with van der Waals surface area (Å²) in [6, 6.07) is 7.64. The highest BCUT2D eigenvalue weighted by Crippen LogP contribution is 2.36. The van der Waals surface area contributed by atoms with Gasteiger partial charge in [0.1, 0.15) is 0 Å². The topological polar surface area (TPSA) is 29.5 Å². The maximum atomic E-state index is 11.9. The fourth-order valence-corrected chi connectivity index (χ4v) is 1.80. The van der Waals surface area contributed by atoms with Gasteiger partial charge in [-0.1, -0.05) is 31.2 Å². The van der Waals surface area contributed by atoms with Crippen molar-refractivity contribution in [3.63, 3.8) is 0 Å². The van der Waals surface area contributed by atoms with Gasteiger partial charge in [0, 0.05) is 11.1 Å². The molecule has 15 heavy (non-hydrogen) atoms. The highest BCUT2D eigenvalue weighted by atomic mass is 16.7. The van der Waals surface area contributed by atoms with E-state index in [1.165, 1.54) is 12.2 Å². The first-order chi connectivity index (χ1) is 7.29. The van der Waals surface area contributed by atoms with Crippen molar-refractivity contribution < 1.29 is 9.63 Å². The van der Waals surface area contributed by atoms with Gasteiger partial charge in [0.05, 0.1) is 12.8 Å². The van der Waals surface area contributed by atoms with Crippen LogP contribution in [0.4, 0.5) is 5.69 Å². The molecule has 0 atom stereocenters. The SMILES string of the molecule is CC/C=C1/C(=O)N(OC)c2ccccc21. The molecule has 0 saturated heterocycles. The molecule has 0 aliphatic carbocycles. The Morgan fingerprint density at radius 3 is 2.80 bits per heavy atom. The number of carbonyl (C=O) groups excluding carboxylic acids is 1. The van der Waals surface area contributed by atoms with Gasteiger partial charge in [-0.3, -0.25) is 9.63 Å². The van der Waals surface area contributed by atoms with E-state index in [9.17, 15) is 4.79 Å². The Hall–Kier alpha value is -1.61. The lowest BCUT2D eigenvalue weighted by Gasteiger charge is -2.12. The molecule has 1 aliphatic rings. The van der Waals surface area contributed by atoms with Crippen molar-refractivity contribution in [1.82, 2.24) is 0 Å². The number of benzene rings is 1. The third-order valence-electron chi connectivity index (χ3n) is 2.42. The number of carbonyl (C=O) groups is 1. The Bertz CT molecular complexity index is 423. The Morgan fingerprint density at radius 1 is 1.40 bits per heavy atom. The standard InChI is InChI=1S/C12H13NO2/c1-3-6-10-9-7-4-5-8-11(9)13(15-2)12(10)14/h4-8H,3H2,1-2H3/b10-6+. The van der Waals surface area contributed by atoms with Crippen LogP contribution < -0.4 is 5.06 Å². The van der Waals surface area contributed by atoms with Crippen LogP contribution in [0.5, 0.6) is 0 Å². The van der Waals surface area contributed by atoms with Crippen LogP contribution in [0.15, 0.2) is 30.3 Å². The number of para-hydroxylation sites is 1. The Balaban J connectivity index is 2.56. The van der Waals surface area contributed by atoms with E-state index in [0.29, 0.717) is 0 Å². The molecular weight excluding hydrogens is 190 g/mol. The molecule has 0 spiro atoms. The van der Waals surface area contributed by atoms with Crippen molar-refractivity contribution in [2.75, 3.05) is 12.2 Å². The lowest BCUT2D eigenvalue weighted by atomic mass is 10.1. The van der Waals surface area contributed by atoms with Gasteiger partial charge in [0.2, 0.25) is 0 Å². The number of fused-ring (bicyclic) bond motifs is 1. The fraction of sp³-hybridized carbons (Fsp3) is 0.250. The molecule has 0 aromatic heterocycles. The molecule has 0 saturated carbocycles. The molecule has 0 bridgehead atoms. The van der Waals surface area contributed by atoms with Gasteiger partial charge in [0.15, 0.2) is 0 Å². The minimum Gasteiger partial charge on any atom is -0.269 e. The Labute approximate surface area is 88.9 Å². The van der Waals surface area contributed by atoms with Crippen LogP contribution in [-0.4, -0.2) is 13.0 Å². The third kappa shape index (κ3) is 1.45. The minimum absolute atomic E-state index is 0.0828. The predicted octanol–water partition coefficient (Wildman–Crippen LogP) is 2.39. The van der Waals surface area contributed by atoms with Gasteiger partial charge in [-0.15, -0.1) is 0 Å².